The molecule has 1 aliphatic carbocycles. The van der Waals surface area contributed by atoms with Gasteiger partial charge in [-0.3, -0.25) is 0 Å². The van der Waals surface area contributed by atoms with Crippen molar-refractivity contribution in [2.75, 3.05) is 0 Å². The molecule has 1 aliphatic rings. The lowest BCUT2D eigenvalue weighted by Crippen LogP contribution is -2.17. The highest BCUT2D eigenvalue weighted by atomic mass is 79.9. The highest BCUT2D eigenvalue weighted by Crippen LogP contribution is 2.53. The van der Waals surface area contributed by atoms with E-state index in [0.717, 1.165) is 0 Å². The molecule has 20 heavy (non-hydrogen) atoms. The summed E-state index contributed by atoms with van der Waals surface area (Å²) in [7, 11) is 0. The average molecular weight is 329 g/mol. The molecule has 1 heteroatoms. The topological polar surface area (TPSA) is 0 Å². The fourth-order valence-corrected chi connectivity index (χ4v) is 4.52. The summed E-state index contributed by atoms with van der Waals surface area (Å²) >= 11 is 3.79. The molecule has 0 bridgehead atoms. The highest BCUT2D eigenvalue weighted by Gasteiger charge is 2.38. The Morgan fingerprint density at radius 2 is 1.55 bits per heavy atom. The lowest BCUT2D eigenvalue weighted by atomic mass is 9.78. The Morgan fingerprint density at radius 1 is 0.900 bits per heavy atom. The molecular formula is C19H21Br. The van der Waals surface area contributed by atoms with E-state index < -0.39 is 0 Å². The molecule has 0 amide bonds. The van der Waals surface area contributed by atoms with Crippen molar-refractivity contribution in [1.29, 1.82) is 0 Å². The molecule has 0 heterocycles. The molecule has 0 aliphatic heterocycles. The third-order valence-electron chi connectivity index (χ3n) is 4.96. The Hall–Kier alpha value is -1.08. The second kappa shape index (κ2) is 4.21. The van der Waals surface area contributed by atoms with Gasteiger partial charge in [-0.05, 0) is 72.7 Å². The van der Waals surface area contributed by atoms with Gasteiger partial charge in [0, 0.05) is 15.5 Å². The average Bonchev–Trinajstić information content (AvgIpc) is 2.55. The normalized spacial score (nSPS) is 15.2. The molecule has 0 saturated carbocycles. The van der Waals surface area contributed by atoms with Gasteiger partial charge in [0.05, 0.1) is 0 Å². The van der Waals surface area contributed by atoms with Crippen molar-refractivity contribution in [1.82, 2.24) is 0 Å². The third-order valence-corrected chi connectivity index (χ3v) is 5.59. The number of hydrogen-bond acceptors (Lipinski definition) is 0. The summed E-state index contributed by atoms with van der Waals surface area (Å²) in [4.78, 5) is 0. The smallest absolute Gasteiger partial charge is 0.0259 e. The number of aryl methyl sites for hydroxylation is 2. The Balaban J connectivity index is 2.49. The highest BCUT2D eigenvalue weighted by molar-refractivity contribution is 9.10. The summed E-state index contributed by atoms with van der Waals surface area (Å²) in [6, 6.07) is 6.95. The first-order valence-electron chi connectivity index (χ1n) is 7.17. The first-order valence-corrected chi connectivity index (χ1v) is 7.96. The summed E-state index contributed by atoms with van der Waals surface area (Å²) < 4.78 is 1.22. The number of benzene rings is 2. The second-order valence-electron chi connectivity index (χ2n) is 6.66. The van der Waals surface area contributed by atoms with E-state index in [1.54, 1.807) is 0 Å². The number of hydrogen-bond donors (Lipinski definition) is 0. The fraction of sp³-hybridized carbons (Fsp3) is 0.368. The van der Waals surface area contributed by atoms with Crippen LogP contribution in [-0.2, 0) is 5.41 Å². The van der Waals surface area contributed by atoms with Crippen molar-refractivity contribution in [2.24, 2.45) is 0 Å². The molecular weight excluding hydrogens is 308 g/mol. The summed E-state index contributed by atoms with van der Waals surface area (Å²) in [6.07, 6.45) is 0. The van der Waals surface area contributed by atoms with Crippen LogP contribution < -0.4 is 0 Å². The minimum Gasteiger partial charge on any atom is -0.0545 e. The maximum atomic E-state index is 3.79. The van der Waals surface area contributed by atoms with Crippen molar-refractivity contribution >= 4 is 15.9 Å². The number of rotatable bonds is 0. The lowest BCUT2D eigenvalue weighted by molar-refractivity contribution is 0.653. The van der Waals surface area contributed by atoms with Crippen molar-refractivity contribution in [3.63, 3.8) is 0 Å². The van der Waals surface area contributed by atoms with Crippen LogP contribution in [-0.4, -0.2) is 0 Å². The van der Waals surface area contributed by atoms with Crippen molar-refractivity contribution < 1.29 is 0 Å². The SMILES string of the molecule is Cc1cc(Br)c2c(c1)C(C)(C)c1c-2cc(C)c(C)c1C. The van der Waals surface area contributed by atoms with Crippen molar-refractivity contribution in [2.45, 2.75) is 47.0 Å². The van der Waals surface area contributed by atoms with Gasteiger partial charge in [-0.15, -0.1) is 0 Å². The molecule has 0 radical (unpaired) electrons. The molecule has 0 atom stereocenters. The van der Waals surface area contributed by atoms with Gasteiger partial charge >= 0.3 is 0 Å². The molecule has 104 valence electrons. The van der Waals surface area contributed by atoms with Crippen molar-refractivity contribution in [3.05, 3.63) is 56.1 Å². The van der Waals surface area contributed by atoms with Crippen LogP contribution >= 0.6 is 15.9 Å². The predicted molar refractivity (Wildman–Crippen MR) is 90.7 cm³/mol. The van der Waals surface area contributed by atoms with E-state index in [1.165, 1.54) is 49.0 Å². The monoisotopic (exact) mass is 328 g/mol. The van der Waals surface area contributed by atoms with E-state index in [9.17, 15) is 0 Å². The molecule has 0 saturated heterocycles. The number of halogens is 1. The molecule has 0 aromatic heterocycles. The van der Waals surface area contributed by atoms with Gasteiger partial charge in [0.25, 0.3) is 0 Å². The zero-order valence-corrected chi connectivity index (χ0v) is 14.7. The zero-order valence-electron chi connectivity index (χ0n) is 13.1. The van der Waals surface area contributed by atoms with Crippen LogP contribution in [0.15, 0.2) is 22.7 Å². The molecule has 2 aromatic rings. The van der Waals surface area contributed by atoms with Crippen LogP contribution in [0.2, 0.25) is 0 Å². The quantitative estimate of drug-likeness (QED) is 0.557. The van der Waals surface area contributed by atoms with Crippen LogP contribution in [0.25, 0.3) is 11.1 Å². The fourth-order valence-electron chi connectivity index (χ4n) is 3.73. The maximum absolute atomic E-state index is 3.79. The summed E-state index contributed by atoms with van der Waals surface area (Å²) in [5.74, 6) is 0. The Bertz CT molecular complexity index is 736. The Labute approximate surface area is 130 Å². The lowest BCUT2D eigenvalue weighted by Gasteiger charge is -2.25. The predicted octanol–water partition coefficient (Wildman–Crippen LogP) is 5.99. The minimum atomic E-state index is 0.0851. The first kappa shape index (κ1) is 13.9. The maximum Gasteiger partial charge on any atom is 0.0259 e. The van der Waals surface area contributed by atoms with Gasteiger partial charge in [-0.25, -0.2) is 0 Å². The largest absolute Gasteiger partial charge is 0.0545 e. The van der Waals surface area contributed by atoms with Crippen LogP contribution in [0.3, 0.4) is 0 Å². The van der Waals surface area contributed by atoms with Crippen LogP contribution in [0.5, 0.6) is 0 Å². The Kier molecular flexibility index (Phi) is 2.92. The summed E-state index contributed by atoms with van der Waals surface area (Å²) in [6.45, 7) is 13.6. The summed E-state index contributed by atoms with van der Waals surface area (Å²) in [5, 5.41) is 0. The van der Waals surface area contributed by atoms with E-state index in [1.807, 2.05) is 0 Å². The molecule has 0 unspecified atom stereocenters. The molecule has 0 N–H and O–H groups in total. The molecule has 2 aromatic carbocycles. The van der Waals surface area contributed by atoms with Gasteiger partial charge in [-0.2, -0.15) is 0 Å². The second-order valence-corrected chi connectivity index (χ2v) is 7.51. The first-order chi connectivity index (χ1) is 9.25. The van der Waals surface area contributed by atoms with Crippen molar-refractivity contribution in [3.8, 4) is 11.1 Å². The third kappa shape index (κ3) is 1.65. The zero-order chi connectivity index (χ0) is 14.8. The molecule has 0 nitrogen and oxygen atoms in total. The van der Waals surface area contributed by atoms with Gasteiger partial charge in [0.1, 0.15) is 0 Å². The summed E-state index contributed by atoms with van der Waals surface area (Å²) in [5.41, 5.74) is 11.4. The van der Waals surface area contributed by atoms with Crippen LogP contribution in [0.1, 0.15) is 47.2 Å². The molecule has 0 spiro atoms. The minimum absolute atomic E-state index is 0.0851. The standard InChI is InChI=1S/C19H21Br/c1-10-7-15-17(16(20)8-10)14-9-11(2)12(3)13(4)18(14)19(15,5)6/h7-9H,1-6H3. The van der Waals surface area contributed by atoms with Gasteiger partial charge in [-0.1, -0.05) is 41.9 Å². The number of fused-ring (bicyclic) bond motifs is 3. The molecule has 0 fully saturated rings. The van der Waals surface area contributed by atoms with E-state index >= 15 is 0 Å². The van der Waals surface area contributed by atoms with Gasteiger partial charge in [0.15, 0.2) is 0 Å². The molecule has 3 rings (SSSR count). The van der Waals surface area contributed by atoms with E-state index in [4.69, 9.17) is 0 Å². The van der Waals surface area contributed by atoms with E-state index in [2.05, 4.69) is 75.7 Å². The Morgan fingerprint density at radius 3 is 2.20 bits per heavy atom. The van der Waals surface area contributed by atoms with Gasteiger partial charge in [0.2, 0.25) is 0 Å². The van der Waals surface area contributed by atoms with E-state index in [0.29, 0.717) is 0 Å². The van der Waals surface area contributed by atoms with E-state index in [-0.39, 0.29) is 5.41 Å². The van der Waals surface area contributed by atoms with Gasteiger partial charge < -0.3 is 0 Å². The van der Waals surface area contributed by atoms with Crippen LogP contribution in [0.4, 0.5) is 0 Å². The van der Waals surface area contributed by atoms with Crippen LogP contribution in [0, 0.1) is 27.7 Å².